The van der Waals surface area contributed by atoms with Crippen molar-refractivity contribution in [1.82, 2.24) is 29.8 Å². The molecule has 1 spiro atoms. The van der Waals surface area contributed by atoms with Gasteiger partial charge in [-0.25, -0.2) is 4.98 Å². The average Bonchev–Trinajstić information content (AvgIpc) is 3.16. The van der Waals surface area contributed by atoms with Gasteiger partial charge in [0, 0.05) is 36.3 Å². The second-order valence-electron chi connectivity index (χ2n) is 8.75. The molecule has 8 heteroatoms. The number of piperidine rings is 1. The Morgan fingerprint density at radius 1 is 1.13 bits per heavy atom. The molecule has 2 aliphatic rings. The van der Waals surface area contributed by atoms with E-state index in [-0.39, 0.29) is 5.41 Å². The molecule has 0 radical (unpaired) electrons. The summed E-state index contributed by atoms with van der Waals surface area (Å²) in [5.74, 6) is 3.56. The third-order valence-electron chi connectivity index (χ3n) is 6.82. The van der Waals surface area contributed by atoms with E-state index in [1.807, 2.05) is 34.8 Å². The standard InChI is InChI=1S/C23H25N7O/c1-2-6-17-13-19(30-22(26-17)24-15-25-30)29-11-9-23(10-12-29)14-18(23)21-28-27-20(31-21)16-7-4-3-5-8-16/h3-5,7-8,13,15,18H,2,6,9-12,14H2,1H3/t18-/m0/s1. The SMILES string of the molecule is CCCc1cc(N2CCC3(CC2)C[C@H]3c2nnc(-c3ccccc3)o2)n2ncnc2n1. The van der Waals surface area contributed by atoms with E-state index in [4.69, 9.17) is 4.42 Å². The minimum Gasteiger partial charge on any atom is -0.420 e. The van der Waals surface area contributed by atoms with Gasteiger partial charge >= 0.3 is 0 Å². The maximum Gasteiger partial charge on any atom is 0.254 e. The van der Waals surface area contributed by atoms with Crippen molar-refractivity contribution in [3.8, 4) is 11.5 Å². The maximum atomic E-state index is 6.06. The number of aromatic nitrogens is 6. The predicted octanol–water partition coefficient (Wildman–Crippen LogP) is 3.90. The van der Waals surface area contributed by atoms with Gasteiger partial charge in [-0.05, 0) is 43.2 Å². The zero-order valence-corrected chi connectivity index (χ0v) is 17.6. The lowest BCUT2D eigenvalue weighted by Crippen LogP contribution is -2.36. The molecule has 0 unspecified atom stereocenters. The Morgan fingerprint density at radius 3 is 2.77 bits per heavy atom. The zero-order chi connectivity index (χ0) is 20.8. The summed E-state index contributed by atoms with van der Waals surface area (Å²) in [6.45, 7) is 4.15. The highest BCUT2D eigenvalue weighted by molar-refractivity contribution is 5.52. The van der Waals surface area contributed by atoms with Crippen LogP contribution >= 0.6 is 0 Å². The van der Waals surface area contributed by atoms with Gasteiger partial charge in [-0.15, -0.1) is 10.2 Å². The minimum absolute atomic E-state index is 0.289. The number of benzene rings is 1. The first-order chi connectivity index (χ1) is 15.3. The fourth-order valence-corrected chi connectivity index (χ4v) is 4.96. The highest BCUT2D eigenvalue weighted by Crippen LogP contribution is 2.64. The molecule has 0 amide bonds. The van der Waals surface area contributed by atoms with E-state index in [0.29, 0.717) is 17.6 Å². The molecule has 1 aliphatic heterocycles. The van der Waals surface area contributed by atoms with E-state index in [2.05, 4.69) is 43.2 Å². The number of aryl methyl sites for hydroxylation is 1. The third-order valence-corrected chi connectivity index (χ3v) is 6.82. The van der Waals surface area contributed by atoms with Crippen LogP contribution in [-0.4, -0.2) is 42.9 Å². The van der Waals surface area contributed by atoms with Crippen molar-refractivity contribution in [3.05, 3.63) is 54.3 Å². The molecule has 4 heterocycles. The summed E-state index contributed by atoms with van der Waals surface area (Å²) in [6.07, 6.45) is 6.97. The Kier molecular flexibility index (Phi) is 4.26. The van der Waals surface area contributed by atoms with Gasteiger partial charge < -0.3 is 9.32 Å². The Balaban J connectivity index is 1.18. The second kappa shape index (κ2) is 7.14. The first-order valence-electron chi connectivity index (χ1n) is 11.1. The summed E-state index contributed by atoms with van der Waals surface area (Å²) in [4.78, 5) is 11.4. The summed E-state index contributed by atoms with van der Waals surface area (Å²) < 4.78 is 7.92. The largest absolute Gasteiger partial charge is 0.420 e. The molecule has 3 aromatic heterocycles. The maximum absolute atomic E-state index is 6.06. The lowest BCUT2D eigenvalue weighted by Gasteiger charge is -2.34. The van der Waals surface area contributed by atoms with Crippen molar-refractivity contribution in [3.63, 3.8) is 0 Å². The van der Waals surface area contributed by atoms with Crippen LogP contribution in [0.2, 0.25) is 0 Å². The van der Waals surface area contributed by atoms with Crippen LogP contribution < -0.4 is 4.90 Å². The Labute approximate surface area is 180 Å². The molecular formula is C23H25N7O. The number of fused-ring (bicyclic) bond motifs is 1. The Morgan fingerprint density at radius 2 is 1.97 bits per heavy atom. The average molecular weight is 416 g/mol. The Bertz CT molecular complexity index is 1210. The van der Waals surface area contributed by atoms with Crippen molar-refractivity contribution in [2.75, 3.05) is 18.0 Å². The van der Waals surface area contributed by atoms with Crippen molar-refractivity contribution in [1.29, 1.82) is 0 Å². The second-order valence-corrected chi connectivity index (χ2v) is 8.75. The van der Waals surface area contributed by atoms with Crippen LogP contribution in [0.4, 0.5) is 5.82 Å². The summed E-state index contributed by atoms with van der Waals surface area (Å²) in [6, 6.07) is 12.2. The fourth-order valence-electron chi connectivity index (χ4n) is 4.96. The molecule has 8 nitrogen and oxygen atoms in total. The summed E-state index contributed by atoms with van der Waals surface area (Å²) in [5, 5.41) is 13.1. The van der Waals surface area contributed by atoms with Gasteiger partial charge in [0.15, 0.2) is 0 Å². The van der Waals surface area contributed by atoms with Crippen molar-refractivity contribution >= 4 is 11.6 Å². The van der Waals surface area contributed by atoms with Crippen molar-refractivity contribution in [2.45, 2.75) is 44.9 Å². The first kappa shape index (κ1) is 18.5. The molecule has 4 aromatic rings. The minimum atomic E-state index is 0.289. The summed E-state index contributed by atoms with van der Waals surface area (Å²) >= 11 is 0. The molecule has 6 rings (SSSR count). The molecule has 0 N–H and O–H groups in total. The lowest BCUT2D eigenvalue weighted by atomic mass is 9.90. The van der Waals surface area contributed by atoms with E-state index < -0.39 is 0 Å². The molecule has 2 fully saturated rings. The monoisotopic (exact) mass is 415 g/mol. The van der Waals surface area contributed by atoms with Crippen LogP contribution in [-0.2, 0) is 6.42 Å². The molecule has 31 heavy (non-hydrogen) atoms. The summed E-state index contributed by atoms with van der Waals surface area (Å²) in [7, 11) is 0. The van der Waals surface area contributed by atoms with Gasteiger partial charge in [-0.2, -0.15) is 14.6 Å². The molecule has 158 valence electrons. The highest BCUT2D eigenvalue weighted by atomic mass is 16.4. The highest BCUT2D eigenvalue weighted by Gasteiger charge is 2.58. The summed E-state index contributed by atoms with van der Waals surface area (Å²) in [5.41, 5.74) is 2.35. The van der Waals surface area contributed by atoms with E-state index in [1.54, 1.807) is 6.33 Å². The van der Waals surface area contributed by atoms with E-state index in [9.17, 15) is 0 Å². The van der Waals surface area contributed by atoms with E-state index >= 15 is 0 Å². The smallest absolute Gasteiger partial charge is 0.254 e. The Hall–Kier alpha value is -3.29. The van der Waals surface area contributed by atoms with Crippen molar-refractivity contribution < 1.29 is 4.42 Å². The number of rotatable bonds is 5. The van der Waals surface area contributed by atoms with Gasteiger partial charge in [-0.3, -0.25) is 0 Å². The van der Waals surface area contributed by atoms with Crippen LogP contribution in [0.1, 0.15) is 50.1 Å². The topological polar surface area (TPSA) is 85.2 Å². The van der Waals surface area contributed by atoms with Gasteiger partial charge in [0.2, 0.25) is 11.8 Å². The van der Waals surface area contributed by atoms with Crippen LogP contribution in [0.15, 0.2) is 47.1 Å². The number of hydrogen-bond acceptors (Lipinski definition) is 7. The van der Waals surface area contributed by atoms with Gasteiger partial charge in [-0.1, -0.05) is 31.5 Å². The van der Waals surface area contributed by atoms with Crippen LogP contribution in [0.3, 0.4) is 0 Å². The van der Waals surface area contributed by atoms with Crippen LogP contribution in [0.5, 0.6) is 0 Å². The van der Waals surface area contributed by atoms with Crippen LogP contribution in [0, 0.1) is 5.41 Å². The number of anilines is 1. The number of nitrogens with zero attached hydrogens (tertiary/aromatic N) is 7. The molecule has 1 aromatic carbocycles. The van der Waals surface area contributed by atoms with E-state index in [0.717, 1.165) is 68.2 Å². The third kappa shape index (κ3) is 3.17. The molecule has 1 atom stereocenters. The van der Waals surface area contributed by atoms with Crippen molar-refractivity contribution in [2.24, 2.45) is 5.41 Å². The molecule has 1 aliphatic carbocycles. The predicted molar refractivity (Wildman–Crippen MR) is 116 cm³/mol. The molecule has 1 saturated heterocycles. The number of hydrogen-bond donors (Lipinski definition) is 0. The van der Waals surface area contributed by atoms with Gasteiger partial charge in [0.25, 0.3) is 5.78 Å². The van der Waals surface area contributed by atoms with Gasteiger partial charge in [0.05, 0.1) is 0 Å². The quantitative estimate of drug-likeness (QED) is 0.489. The molecular weight excluding hydrogens is 390 g/mol. The molecule has 0 bridgehead atoms. The first-order valence-corrected chi connectivity index (χ1v) is 11.1. The van der Waals surface area contributed by atoms with Gasteiger partial charge in [0.1, 0.15) is 12.1 Å². The zero-order valence-electron chi connectivity index (χ0n) is 17.6. The van der Waals surface area contributed by atoms with Crippen LogP contribution in [0.25, 0.3) is 17.2 Å². The fraction of sp³-hybridized carbons (Fsp3) is 0.435. The molecule has 1 saturated carbocycles. The lowest BCUT2D eigenvalue weighted by molar-refractivity contribution is 0.351. The normalized spacial score (nSPS) is 19.9. The van der Waals surface area contributed by atoms with E-state index in [1.165, 1.54) is 0 Å².